The fraction of sp³-hybridized carbons (Fsp3) is 0.926. The van der Waals surface area contributed by atoms with Crippen molar-refractivity contribution in [2.45, 2.75) is 89.8 Å². The fourth-order valence-electron chi connectivity index (χ4n) is 5.18. The van der Waals surface area contributed by atoms with Crippen molar-refractivity contribution in [3.05, 3.63) is 24.5 Å². The molecule has 0 unspecified atom stereocenters. The van der Waals surface area contributed by atoms with Gasteiger partial charge in [-0.05, 0) is 57.0 Å². The molecule has 0 amide bonds. The summed E-state index contributed by atoms with van der Waals surface area (Å²) in [6.45, 7) is 11.9. The molecule has 1 aliphatic carbocycles. The smallest absolute Gasteiger partial charge is 0.662 e. The van der Waals surface area contributed by atoms with Crippen LogP contribution in [0.2, 0.25) is 0 Å². The van der Waals surface area contributed by atoms with Crippen LogP contribution in [-0.4, -0.2) is 76.1 Å². The summed E-state index contributed by atoms with van der Waals surface area (Å²) in [4.78, 5) is 2.51. The van der Waals surface area contributed by atoms with Gasteiger partial charge in [0.1, 0.15) is 0 Å². The van der Waals surface area contributed by atoms with Crippen molar-refractivity contribution in [2.75, 3.05) is 59.0 Å². The van der Waals surface area contributed by atoms with Gasteiger partial charge in [0.25, 0.3) is 0 Å². The number of hydrogen-bond donors (Lipinski definition) is 0. The standard InChI is InChI=1S/C14H26NO.C12H22N2O.CH3.2Y/c1-12-2-4-13(5-3-12)8-11-16-14-6-9-15-10-7-14;1-2-8-14(9-3-1)10-11-15-12-4-6-13-7-5-12;;;/h12-14H,2-11H2,1H3;1,12H,2-11H2;1H3;;/q-1;-2;-1;;+3. The molecule has 4 aliphatic rings. The molecule has 1 saturated carbocycles. The van der Waals surface area contributed by atoms with Crippen LogP contribution in [0.1, 0.15) is 77.6 Å². The first-order valence-corrected chi connectivity index (χ1v) is 13.3. The third-order valence-electron chi connectivity index (χ3n) is 7.51. The average Bonchev–Trinajstić information content (AvgIpc) is 2.83. The van der Waals surface area contributed by atoms with Gasteiger partial charge in [-0.1, -0.05) is 32.6 Å². The van der Waals surface area contributed by atoms with E-state index in [4.69, 9.17) is 9.47 Å². The quantitative estimate of drug-likeness (QED) is 0.309. The molecular weight excluding hydrogens is 576 g/mol. The molecule has 193 valence electrons. The van der Waals surface area contributed by atoms with E-state index in [1.54, 1.807) is 0 Å². The van der Waals surface area contributed by atoms with E-state index < -0.39 is 0 Å². The second-order valence-corrected chi connectivity index (χ2v) is 10.1. The summed E-state index contributed by atoms with van der Waals surface area (Å²) in [6, 6.07) is 0. The Balaban J connectivity index is 0.000000590. The number of likely N-dealkylation sites (tertiary alicyclic amines) is 1. The van der Waals surface area contributed by atoms with Gasteiger partial charge in [0, 0.05) is 45.9 Å². The predicted molar refractivity (Wildman–Crippen MR) is 136 cm³/mol. The zero-order valence-electron chi connectivity index (χ0n) is 22.3. The molecule has 7 heteroatoms. The van der Waals surface area contributed by atoms with Crippen molar-refractivity contribution in [1.82, 2.24) is 4.90 Å². The molecule has 0 aromatic rings. The van der Waals surface area contributed by atoms with Gasteiger partial charge >= 0.3 is 32.7 Å². The van der Waals surface area contributed by atoms with Crippen molar-refractivity contribution in [3.8, 4) is 0 Å². The normalized spacial score (nSPS) is 26.7. The Morgan fingerprint density at radius 2 is 1.26 bits per heavy atom. The van der Waals surface area contributed by atoms with Crippen LogP contribution in [0.5, 0.6) is 0 Å². The third-order valence-corrected chi connectivity index (χ3v) is 7.51. The summed E-state index contributed by atoms with van der Waals surface area (Å²) < 4.78 is 11.8. The van der Waals surface area contributed by atoms with Crippen LogP contribution in [0.4, 0.5) is 0 Å². The fourth-order valence-corrected chi connectivity index (χ4v) is 5.18. The first kappa shape index (κ1) is 36.0. The Hall–Kier alpha value is 2.01. The maximum atomic E-state index is 5.95. The Morgan fingerprint density at radius 1 is 0.765 bits per heavy atom. The summed E-state index contributed by atoms with van der Waals surface area (Å²) in [7, 11) is 0. The molecule has 0 N–H and O–H groups in total. The monoisotopic (exact) mass is 627 g/mol. The molecule has 0 aromatic carbocycles. The predicted octanol–water partition coefficient (Wildman–Crippen LogP) is 6.04. The van der Waals surface area contributed by atoms with E-state index in [0.29, 0.717) is 12.2 Å². The van der Waals surface area contributed by atoms with E-state index in [1.807, 2.05) is 0 Å². The van der Waals surface area contributed by atoms with Crippen molar-refractivity contribution < 1.29 is 74.9 Å². The number of piperidine rings is 3. The van der Waals surface area contributed by atoms with Crippen LogP contribution in [0.15, 0.2) is 0 Å². The molecule has 3 aliphatic heterocycles. The van der Waals surface area contributed by atoms with Gasteiger partial charge in [-0.3, -0.25) is 0 Å². The molecule has 4 rings (SSSR count). The maximum absolute atomic E-state index is 5.95. The Morgan fingerprint density at radius 3 is 1.79 bits per heavy atom. The van der Waals surface area contributed by atoms with Crippen molar-refractivity contribution >= 4 is 0 Å². The summed E-state index contributed by atoms with van der Waals surface area (Å²) in [5.74, 6) is 1.92. The molecule has 0 bridgehead atoms. The molecule has 0 spiro atoms. The Bertz CT molecular complexity index is 418. The molecule has 0 atom stereocenters. The van der Waals surface area contributed by atoms with Gasteiger partial charge < -0.3 is 38.9 Å². The molecule has 4 fully saturated rings. The molecule has 3 saturated heterocycles. The number of ether oxygens (including phenoxy) is 2. The van der Waals surface area contributed by atoms with Gasteiger partial charge in [-0.15, -0.1) is 26.2 Å². The van der Waals surface area contributed by atoms with E-state index >= 15 is 0 Å². The first-order valence-electron chi connectivity index (χ1n) is 13.3. The number of nitrogens with zero attached hydrogens (tertiary/aromatic N) is 3. The van der Waals surface area contributed by atoms with E-state index in [-0.39, 0.29) is 72.8 Å². The zero-order valence-corrected chi connectivity index (χ0v) is 28.0. The second kappa shape index (κ2) is 22.9. The number of rotatable bonds is 8. The van der Waals surface area contributed by atoms with E-state index in [0.717, 1.165) is 83.5 Å². The van der Waals surface area contributed by atoms with Crippen LogP contribution >= 0.6 is 0 Å². The number of hydrogen-bond acceptors (Lipinski definition) is 3. The Kier molecular flexibility index (Phi) is 24.3. The molecule has 34 heavy (non-hydrogen) atoms. The van der Waals surface area contributed by atoms with Crippen molar-refractivity contribution in [2.24, 2.45) is 11.8 Å². The largest absolute Gasteiger partial charge is 3.00 e. The summed E-state index contributed by atoms with van der Waals surface area (Å²) in [5, 5.41) is 8.68. The van der Waals surface area contributed by atoms with Crippen LogP contribution in [0.25, 0.3) is 10.6 Å². The zero-order chi connectivity index (χ0) is 21.6. The molecule has 3 heterocycles. The summed E-state index contributed by atoms with van der Waals surface area (Å²) in [6.07, 6.45) is 17.5. The molecule has 5 nitrogen and oxygen atoms in total. The van der Waals surface area contributed by atoms with E-state index in [9.17, 15) is 0 Å². The van der Waals surface area contributed by atoms with Gasteiger partial charge in [0.15, 0.2) is 0 Å². The van der Waals surface area contributed by atoms with Crippen molar-refractivity contribution in [3.63, 3.8) is 0 Å². The van der Waals surface area contributed by atoms with Gasteiger partial charge in [-0.2, -0.15) is 12.8 Å². The minimum Gasteiger partial charge on any atom is -0.662 e. The van der Waals surface area contributed by atoms with Crippen LogP contribution in [0, 0.1) is 25.7 Å². The van der Waals surface area contributed by atoms with Gasteiger partial charge in [-0.25, -0.2) is 0 Å². The maximum Gasteiger partial charge on any atom is 3.00 e. The SMILES string of the molecule is CC1CCC(CCOC2CC[N-]CC2)CC1.[CH-]1CCN(CCOC2CC[N-]CC2)CC1.[CH3-].[Y+3].[Y]. The van der Waals surface area contributed by atoms with Crippen molar-refractivity contribution in [1.29, 1.82) is 0 Å². The minimum absolute atomic E-state index is 0. The van der Waals surface area contributed by atoms with Crippen LogP contribution in [0.3, 0.4) is 0 Å². The summed E-state index contributed by atoms with van der Waals surface area (Å²) in [5.41, 5.74) is 0. The molecular formula is C27H51N3O2Y2-. The average molecular weight is 628 g/mol. The topological polar surface area (TPSA) is 49.9 Å². The van der Waals surface area contributed by atoms with Crippen LogP contribution < -0.4 is 0 Å². The summed E-state index contributed by atoms with van der Waals surface area (Å²) >= 11 is 0. The van der Waals surface area contributed by atoms with Gasteiger partial charge in [0.05, 0.1) is 18.8 Å². The van der Waals surface area contributed by atoms with E-state index in [1.165, 1.54) is 58.0 Å². The minimum atomic E-state index is 0. The van der Waals surface area contributed by atoms with Gasteiger partial charge in [0.2, 0.25) is 0 Å². The third kappa shape index (κ3) is 16.1. The van der Waals surface area contributed by atoms with Crippen LogP contribution in [-0.2, 0) is 74.9 Å². The second-order valence-electron chi connectivity index (χ2n) is 10.1. The first-order chi connectivity index (χ1) is 15.3. The Labute approximate surface area is 262 Å². The van der Waals surface area contributed by atoms with E-state index in [2.05, 4.69) is 28.9 Å². The molecule has 0 aromatic heterocycles. The molecule has 1 radical (unpaired) electrons.